The van der Waals surface area contributed by atoms with Gasteiger partial charge in [0, 0.05) is 29.9 Å². The summed E-state index contributed by atoms with van der Waals surface area (Å²) in [5.41, 5.74) is 12.4. The van der Waals surface area contributed by atoms with Crippen LogP contribution in [0.1, 0.15) is 31.7 Å². The fourth-order valence-corrected chi connectivity index (χ4v) is 4.28. The van der Waals surface area contributed by atoms with Crippen molar-refractivity contribution < 1.29 is 34.2 Å². The Balaban J connectivity index is 2.33. The lowest BCUT2D eigenvalue weighted by atomic mass is 10.0. The van der Waals surface area contributed by atoms with Crippen LogP contribution in [0.2, 0.25) is 0 Å². The first-order valence-electron chi connectivity index (χ1n) is 12.3. The highest BCUT2D eigenvalue weighted by Crippen LogP contribution is 2.19. The summed E-state index contributed by atoms with van der Waals surface area (Å²) in [6.45, 7) is 1.31. The molecule has 0 fully saturated rings. The number of H-pyrrole nitrogens is 1. The Kier molecular flexibility index (Phi) is 12.2. The van der Waals surface area contributed by atoms with Crippen LogP contribution < -0.4 is 27.4 Å². The number of aromatic amines is 1. The fourth-order valence-electron chi connectivity index (χ4n) is 3.81. The molecule has 214 valence electrons. The molecule has 1 heterocycles. The van der Waals surface area contributed by atoms with E-state index >= 15 is 0 Å². The van der Waals surface area contributed by atoms with Crippen LogP contribution in [0.3, 0.4) is 0 Å². The van der Waals surface area contributed by atoms with Gasteiger partial charge in [0.1, 0.15) is 24.2 Å². The second kappa shape index (κ2) is 15.1. The third-order valence-electron chi connectivity index (χ3n) is 6.09. The van der Waals surface area contributed by atoms with Gasteiger partial charge in [0.15, 0.2) is 0 Å². The van der Waals surface area contributed by atoms with Crippen LogP contribution in [0.25, 0.3) is 10.9 Å². The van der Waals surface area contributed by atoms with Gasteiger partial charge in [-0.1, -0.05) is 18.2 Å². The van der Waals surface area contributed by atoms with Crippen molar-refractivity contribution in [2.24, 2.45) is 11.5 Å². The average molecular weight is 565 g/mol. The van der Waals surface area contributed by atoms with Crippen molar-refractivity contribution in [3.8, 4) is 0 Å². The summed E-state index contributed by atoms with van der Waals surface area (Å²) in [5.74, 6) is -3.82. The largest absolute Gasteiger partial charge is 0.480 e. The van der Waals surface area contributed by atoms with Crippen LogP contribution in [-0.2, 0) is 30.4 Å². The molecule has 14 heteroatoms. The average Bonchev–Trinajstić information content (AvgIpc) is 3.30. The van der Waals surface area contributed by atoms with Crippen LogP contribution in [0.4, 0.5) is 0 Å². The summed E-state index contributed by atoms with van der Waals surface area (Å²) >= 11 is 1.43. The molecule has 0 bridgehead atoms. The van der Waals surface area contributed by atoms with Gasteiger partial charge in [-0.2, -0.15) is 11.8 Å². The Morgan fingerprint density at radius 3 is 2.21 bits per heavy atom. The van der Waals surface area contributed by atoms with E-state index in [2.05, 4.69) is 20.9 Å². The van der Waals surface area contributed by atoms with Gasteiger partial charge in [-0.3, -0.25) is 19.2 Å². The molecule has 0 aliphatic carbocycles. The van der Waals surface area contributed by atoms with Crippen LogP contribution in [-0.4, -0.2) is 87.1 Å². The number of benzene rings is 1. The van der Waals surface area contributed by atoms with Crippen LogP contribution in [0.15, 0.2) is 30.5 Å². The Hall–Kier alpha value is -3.62. The maximum absolute atomic E-state index is 13.3. The number of amides is 4. The number of primary amides is 1. The minimum absolute atomic E-state index is 0.000126. The number of carboxylic acids is 1. The number of thioether (sulfide) groups is 1. The molecule has 2 rings (SSSR count). The maximum atomic E-state index is 13.3. The molecular weight excluding hydrogens is 528 g/mol. The number of carboxylic acid groups (broad SMARTS) is 1. The van der Waals surface area contributed by atoms with E-state index in [9.17, 15) is 34.2 Å². The fraction of sp³-hybridized carbons (Fsp3) is 0.480. The van der Waals surface area contributed by atoms with Gasteiger partial charge in [0.25, 0.3) is 0 Å². The number of nitrogens with one attached hydrogen (secondary N) is 4. The molecule has 0 saturated carbocycles. The lowest BCUT2D eigenvalue weighted by Crippen LogP contribution is -2.58. The number of carbonyl (C=O) groups excluding carboxylic acids is 4. The molecule has 0 aliphatic heterocycles. The molecule has 0 spiro atoms. The van der Waals surface area contributed by atoms with Gasteiger partial charge in [0.05, 0.1) is 6.10 Å². The van der Waals surface area contributed by atoms with E-state index in [0.29, 0.717) is 11.3 Å². The molecule has 0 saturated heterocycles. The van der Waals surface area contributed by atoms with Crippen molar-refractivity contribution in [1.82, 2.24) is 20.9 Å². The van der Waals surface area contributed by atoms with Gasteiger partial charge in [-0.15, -0.1) is 0 Å². The molecule has 4 amide bonds. The smallest absolute Gasteiger partial charge is 0.326 e. The third kappa shape index (κ3) is 9.57. The number of aliphatic hydroxyl groups excluding tert-OH is 1. The molecule has 10 N–H and O–H groups in total. The summed E-state index contributed by atoms with van der Waals surface area (Å²) in [6, 6.07) is 2.28. The van der Waals surface area contributed by atoms with E-state index in [4.69, 9.17) is 11.5 Å². The highest BCUT2D eigenvalue weighted by molar-refractivity contribution is 7.98. The molecule has 1 aromatic carbocycles. The van der Waals surface area contributed by atoms with Crippen molar-refractivity contribution >= 4 is 52.3 Å². The van der Waals surface area contributed by atoms with Crippen molar-refractivity contribution in [3.63, 3.8) is 0 Å². The van der Waals surface area contributed by atoms with E-state index in [1.807, 2.05) is 30.5 Å². The summed E-state index contributed by atoms with van der Waals surface area (Å²) in [5, 5.41) is 27.5. The van der Waals surface area contributed by atoms with E-state index < -0.39 is 59.9 Å². The number of hydrogen-bond donors (Lipinski definition) is 8. The molecule has 5 atom stereocenters. The van der Waals surface area contributed by atoms with E-state index in [1.54, 1.807) is 6.20 Å². The molecule has 1 aromatic heterocycles. The highest BCUT2D eigenvalue weighted by atomic mass is 32.2. The summed E-state index contributed by atoms with van der Waals surface area (Å²) in [4.78, 5) is 65.3. The molecular formula is C25H36N6O7S. The van der Waals surface area contributed by atoms with Gasteiger partial charge in [0.2, 0.25) is 23.6 Å². The molecule has 13 nitrogen and oxygen atoms in total. The Bertz CT molecular complexity index is 1170. The lowest BCUT2D eigenvalue weighted by molar-refractivity contribution is -0.142. The van der Waals surface area contributed by atoms with Crippen LogP contribution in [0.5, 0.6) is 0 Å². The van der Waals surface area contributed by atoms with Crippen LogP contribution >= 0.6 is 11.8 Å². The number of rotatable bonds is 16. The number of carbonyl (C=O) groups is 5. The standard InChI is InChI=1S/C25H36N6O7S/c1-13(32)21(27)24(36)29-17(7-8-20(26)33)22(34)31-19(23(35)30-18(25(37)38)9-10-39-2)11-14-12-28-16-6-4-3-5-15(14)16/h3-6,12-13,17-19,21,28,32H,7-11,27H2,1-2H3,(H2,26,33)(H,29,36)(H,30,35)(H,31,34)(H,37,38). The van der Waals surface area contributed by atoms with E-state index in [-0.39, 0.29) is 25.7 Å². The van der Waals surface area contributed by atoms with Crippen molar-refractivity contribution in [1.29, 1.82) is 0 Å². The Labute approximate surface area is 229 Å². The van der Waals surface area contributed by atoms with Crippen molar-refractivity contribution in [2.75, 3.05) is 12.0 Å². The van der Waals surface area contributed by atoms with Crippen LogP contribution in [0, 0.1) is 0 Å². The topological polar surface area (TPSA) is 230 Å². The van der Waals surface area contributed by atoms with Gasteiger partial charge in [-0.05, 0) is 43.4 Å². The maximum Gasteiger partial charge on any atom is 0.326 e. The first kappa shape index (κ1) is 31.6. The highest BCUT2D eigenvalue weighted by Gasteiger charge is 2.31. The predicted molar refractivity (Wildman–Crippen MR) is 147 cm³/mol. The quantitative estimate of drug-likeness (QED) is 0.124. The Morgan fingerprint density at radius 2 is 1.59 bits per heavy atom. The number of aliphatic hydroxyl groups is 1. The zero-order chi connectivity index (χ0) is 29.1. The summed E-state index contributed by atoms with van der Waals surface area (Å²) < 4.78 is 0. The molecule has 5 unspecified atom stereocenters. The predicted octanol–water partition coefficient (Wildman–Crippen LogP) is -1.02. The van der Waals surface area contributed by atoms with Gasteiger partial charge in [-0.25, -0.2) is 4.79 Å². The zero-order valence-electron chi connectivity index (χ0n) is 21.8. The first-order valence-corrected chi connectivity index (χ1v) is 13.7. The molecule has 39 heavy (non-hydrogen) atoms. The monoisotopic (exact) mass is 564 g/mol. The first-order chi connectivity index (χ1) is 18.4. The minimum atomic E-state index is -1.34. The van der Waals surface area contributed by atoms with Gasteiger partial charge >= 0.3 is 5.97 Å². The zero-order valence-corrected chi connectivity index (χ0v) is 22.6. The Morgan fingerprint density at radius 1 is 0.974 bits per heavy atom. The number of fused-ring (bicyclic) bond motifs is 1. The van der Waals surface area contributed by atoms with Gasteiger partial charge < -0.3 is 42.6 Å². The van der Waals surface area contributed by atoms with Crippen molar-refractivity contribution in [2.45, 2.75) is 62.9 Å². The number of nitrogens with two attached hydrogens (primary N) is 2. The second-order valence-electron chi connectivity index (χ2n) is 9.14. The summed E-state index contributed by atoms with van der Waals surface area (Å²) in [7, 11) is 0. The summed E-state index contributed by atoms with van der Waals surface area (Å²) in [6.07, 6.45) is 2.02. The second-order valence-corrected chi connectivity index (χ2v) is 10.1. The van der Waals surface area contributed by atoms with E-state index in [0.717, 1.165) is 10.9 Å². The number of aromatic nitrogens is 1. The van der Waals surface area contributed by atoms with Crippen molar-refractivity contribution in [3.05, 3.63) is 36.0 Å². The number of para-hydroxylation sites is 1. The molecule has 0 aliphatic rings. The third-order valence-corrected chi connectivity index (χ3v) is 6.74. The molecule has 2 aromatic rings. The normalized spacial score (nSPS) is 15.0. The minimum Gasteiger partial charge on any atom is -0.480 e. The molecule has 0 radical (unpaired) electrons. The number of hydrogen-bond acceptors (Lipinski definition) is 8. The lowest BCUT2D eigenvalue weighted by Gasteiger charge is -2.25. The number of aliphatic carboxylic acids is 1. The van der Waals surface area contributed by atoms with E-state index in [1.165, 1.54) is 18.7 Å². The SMILES string of the molecule is CSCCC(NC(=O)C(Cc1c[nH]c2ccccc12)NC(=O)C(CCC(N)=O)NC(=O)C(N)C(C)O)C(=O)O.